The molecule has 0 amide bonds. The molecule has 0 radical (unpaired) electrons. The van der Waals surface area contributed by atoms with E-state index < -0.39 is 0 Å². The van der Waals surface area contributed by atoms with Crippen LogP contribution in [-0.4, -0.2) is 44.6 Å². The number of hydrogen-bond acceptors (Lipinski definition) is 6. The quantitative estimate of drug-likeness (QED) is 0.850. The molecule has 18 heavy (non-hydrogen) atoms. The minimum Gasteiger partial charge on any atom is -0.484 e. The summed E-state index contributed by atoms with van der Waals surface area (Å²) in [5.41, 5.74) is 0.399. The number of methoxy groups -OCH3 is 1. The van der Waals surface area contributed by atoms with E-state index in [9.17, 15) is 0 Å². The average Bonchev–Trinajstić information content (AvgIpc) is 2.86. The summed E-state index contributed by atoms with van der Waals surface area (Å²) in [7, 11) is 3.38. The topological polar surface area (TPSA) is 76.4 Å². The Morgan fingerprint density at radius 1 is 1.50 bits per heavy atom. The van der Waals surface area contributed by atoms with Gasteiger partial charge in [-0.25, -0.2) is 4.98 Å². The van der Waals surface area contributed by atoms with E-state index in [-0.39, 0.29) is 12.2 Å². The molecule has 1 fully saturated rings. The lowest BCUT2D eigenvalue weighted by molar-refractivity contribution is 0.0325. The summed E-state index contributed by atoms with van der Waals surface area (Å²) in [5, 5.41) is 11.9. The molecule has 6 heteroatoms. The molecule has 0 saturated carbocycles. The van der Waals surface area contributed by atoms with Gasteiger partial charge < -0.3 is 19.5 Å². The van der Waals surface area contributed by atoms with Crippen molar-refractivity contribution < 1.29 is 14.2 Å². The van der Waals surface area contributed by atoms with Crippen molar-refractivity contribution in [1.82, 2.24) is 4.98 Å². The molecule has 1 aromatic heterocycles. The second kappa shape index (κ2) is 5.67. The molecule has 2 unspecified atom stereocenters. The molecule has 6 nitrogen and oxygen atoms in total. The lowest BCUT2D eigenvalue weighted by atomic mass is 10.2. The number of hydrogen-bond donors (Lipinski definition) is 1. The Morgan fingerprint density at radius 3 is 2.94 bits per heavy atom. The van der Waals surface area contributed by atoms with E-state index in [1.54, 1.807) is 20.2 Å². The lowest BCUT2D eigenvalue weighted by Crippen LogP contribution is -2.31. The fraction of sp³-hybridized carbons (Fsp3) is 0.500. The smallest absolute Gasteiger partial charge is 0.150 e. The van der Waals surface area contributed by atoms with Gasteiger partial charge >= 0.3 is 0 Å². The zero-order valence-corrected chi connectivity index (χ0v) is 10.3. The lowest BCUT2D eigenvalue weighted by Gasteiger charge is -2.19. The first-order valence-corrected chi connectivity index (χ1v) is 5.63. The molecular weight excluding hydrogens is 234 g/mol. The van der Waals surface area contributed by atoms with Gasteiger partial charge in [-0.3, -0.25) is 0 Å². The van der Waals surface area contributed by atoms with E-state index in [1.165, 1.54) is 6.20 Å². The van der Waals surface area contributed by atoms with Gasteiger partial charge in [0.05, 0.1) is 19.4 Å². The number of nitrogens with one attached hydrogen (secondary N) is 1. The summed E-state index contributed by atoms with van der Waals surface area (Å²) in [6.07, 6.45) is 1.18. The zero-order valence-electron chi connectivity index (χ0n) is 10.3. The van der Waals surface area contributed by atoms with Gasteiger partial charge in [-0.05, 0) is 0 Å². The first kappa shape index (κ1) is 12.6. The van der Waals surface area contributed by atoms with Crippen LogP contribution in [-0.2, 0) is 9.47 Å². The number of rotatable bonds is 4. The van der Waals surface area contributed by atoms with Crippen molar-refractivity contribution in [3.05, 3.63) is 17.8 Å². The van der Waals surface area contributed by atoms with E-state index in [4.69, 9.17) is 19.5 Å². The van der Waals surface area contributed by atoms with Crippen molar-refractivity contribution in [2.24, 2.45) is 0 Å². The highest BCUT2D eigenvalue weighted by molar-refractivity contribution is 5.49. The Morgan fingerprint density at radius 2 is 2.28 bits per heavy atom. The number of anilines is 1. The van der Waals surface area contributed by atoms with Crippen LogP contribution >= 0.6 is 0 Å². The molecule has 1 aliphatic rings. The molecule has 96 valence electrons. The van der Waals surface area contributed by atoms with Gasteiger partial charge in [-0.2, -0.15) is 5.26 Å². The summed E-state index contributed by atoms with van der Waals surface area (Å²) in [6, 6.07) is 3.75. The van der Waals surface area contributed by atoms with Gasteiger partial charge in [0.25, 0.3) is 0 Å². The minimum absolute atomic E-state index is 0.109. The number of aromatic nitrogens is 1. The number of nitrogens with zero attached hydrogens (tertiary/aromatic N) is 2. The molecule has 1 N–H and O–H groups in total. The van der Waals surface area contributed by atoms with Gasteiger partial charge in [0.1, 0.15) is 29.3 Å². The third kappa shape index (κ3) is 2.53. The van der Waals surface area contributed by atoms with E-state index in [0.717, 1.165) is 0 Å². The van der Waals surface area contributed by atoms with Gasteiger partial charge in [0, 0.05) is 20.2 Å². The van der Waals surface area contributed by atoms with E-state index in [1.807, 2.05) is 0 Å². The molecule has 0 aliphatic carbocycles. The highest BCUT2D eigenvalue weighted by Crippen LogP contribution is 2.24. The maximum absolute atomic E-state index is 9.03. The van der Waals surface area contributed by atoms with E-state index in [0.29, 0.717) is 30.3 Å². The van der Waals surface area contributed by atoms with Crippen LogP contribution < -0.4 is 10.1 Å². The van der Waals surface area contributed by atoms with Crippen LogP contribution in [0.4, 0.5) is 5.82 Å². The van der Waals surface area contributed by atoms with Crippen LogP contribution in [0, 0.1) is 11.3 Å². The maximum atomic E-state index is 9.03. The van der Waals surface area contributed by atoms with Crippen LogP contribution in [0.2, 0.25) is 0 Å². The fourth-order valence-electron chi connectivity index (χ4n) is 1.76. The summed E-state index contributed by atoms with van der Waals surface area (Å²) in [5.74, 6) is 1.14. The molecule has 2 atom stereocenters. The van der Waals surface area contributed by atoms with Crippen LogP contribution in [0.5, 0.6) is 5.75 Å². The fourth-order valence-corrected chi connectivity index (χ4v) is 1.76. The van der Waals surface area contributed by atoms with Crippen LogP contribution in [0.25, 0.3) is 0 Å². The monoisotopic (exact) mass is 249 g/mol. The predicted octanol–water partition coefficient (Wildman–Crippen LogP) is 0.788. The molecule has 1 aromatic rings. The molecule has 1 saturated heterocycles. The van der Waals surface area contributed by atoms with Crippen molar-refractivity contribution >= 4 is 5.82 Å². The van der Waals surface area contributed by atoms with Crippen molar-refractivity contribution in [3.8, 4) is 11.8 Å². The van der Waals surface area contributed by atoms with Crippen molar-refractivity contribution in [3.63, 3.8) is 0 Å². The molecule has 0 spiro atoms. The average molecular weight is 249 g/mol. The maximum Gasteiger partial charge on any atom is 0.150 e. The predicted molar refractivity (Wildman–Crippen MR) is 64.5 cm³/mol. The van der Waals surface area contributed by atoms with E-state index in [2.05, 4.69) is 16.4 Å². The van der Waals surface area contributed by atoms with Crippen molar-refractivity contribution in [2.45, 2.75) is 12.2 Å². The van der Waals surface area contributed by atoms with Gasteiger partial charge in [-0.1, -0.05) is 0 Å². The molecule has 0 bridgehead atoms. The second-order valence-electron chi connectivity index (χ2n) is 3.90. The molecule has 1 aliphatic heterocycles. The first-order valence-electron chi connectivity index (χ1n) is 5.63. The van der Waals surface area contributed by atoms with Gasteiger partial charge in [-0.15, -0.1) is 0 Å². The summed E-state index contributed by atoms with van der Waals surface area (Å²) in [6.45, 7) is 0.966. The zero-order chi connectivity index (χ0) is 13.0. The third-order valence-corrected chi connectivity index (χ3v) is 2.80. The Kier molecular flexibility index (Phi) is 3.97. The molecule has 2 rings (SSSR count). The Hall–Kier alpha value is -1.84. The van der Waals surface area contributed by atoms with Gasteiger partial charge in [0.15, 0.2) is 6.10 Å². The van der Waals surface area contributed by atoms with Crippen molar-refractivity contribution in [1.29, 1.82) is 5.26 Å². The Bertz CT molecular complexity index is 458. The minimum atomic E-state index is -0.200. The summed E-state index contributed by atoms with van der Waals surface area (Å²) < 4.78 is 16.4. The SMILES string of the molecule is CNc1cc(OC2COCC2OC)c(C#N)cn1. The highest BCUT2D eigenvalue weighted by atomic mass is 16.6. The first-order chi connectivity index (χ1) is 8.78. The standard InChI is InChI=1S/C12H15N3O3/c1-14-12-3-9(8(4-13)5-15-12)18-11-7-17-6-10(11)16-2/h3,5,10-11H,6-7H2,1-2H3,(H,14,15). The second-order valence-corrected chi connectivity index (χ2v) is 3.90. The van der Waals surface area contributed by atoms with Crippen LogP contribution in [0.1, 0.15) is 5.56 Å². The Labute approximate surface area is 105 Å². The van der Waals surface area contributed by atoms with Crippen molar-refractivity contribution in [2.75, 3.05) is 32.7 Å². The van der Waals surface area contributed by atoms with E-state index >= 15 is 0 Å². The third-order valence-electron chi connectivity index (χ3n) is 2.80. The number of pyridine rings is 1. The molecule has 0 aromatic carbocycles. The Balaban J connectivity index is 2.19. The summed E-state index contributed by atoms with van der Waals surface area (Å²) >= 11 is 0. The number of ether oxygens (including phenoxy) is 3. The summed E-state index contributed by atoms with van der Waals surface area (Å²) in [4.78, 5) is 4.07. The number of nitriles is 1. The molecular formula is C12H15N3O3. The highest BCUT2D eigenvalue weighted by Gasteiger charge is 2.30. The molecule has 2 heterocycles. The largest absolute Gasteiger partial charge is 0.484 e. The van der Waals surface area contributed by atoms with Crippen LogP contribution in [0.3, 0.4) is 0 Å². The van der Waals surface area contributed by atoms with Crippen LogP contribution in [0.15, 0.2) is 12.3 Å². The normalized spacial score (nSPS) is 22.5. The van der Waals surface area contributed by atoms with Gasteiger partial charge in [0.2, 0.25) is 0 Å².